The molecule has 0 fully saturated rings. The fourth-order valence-corrected chi connectivity index (χ4v) is 1.88. The van der Waals surface area contributed by atoms with Crippen LogP contribution in [0.4, 0.5) is 0 Å². The highest BCUT2D eigenvalue weighted by Crippen LogP contribution is 2.11. The fraction of sp³-hybridized carbons (Fsp3) is 0.714. The summed E-state index contributed by atoms with van der Waals surface area (Å²) >= 11 is 0. The molecule has 0 amide bonds. The van der Waals surface area contributed by atoms with Gasteiger partial charge in [-0.25, -0.2) is 0 Å². The predicted octanol–water partition coefficient (Wildman–Crippen LogP) is 4.64. The molecule has 1 atom stereocenters. The van der Waals surface area contributed by atoms with Gasteiger partial charge in [-0.1, -0.05) is 38.2 Å². The van der Waals surface area contributed by atoms with Crippen LogP contribution in [0.5, 0.6) is 0 Å². The van der Waals surface area contributed by atoms with E-state index in [2.05, 4.69) is 58.0 Å². The van der Waals surface area contributed by atoms with Gasteiger partial charge in [0.15, 0.2) is 0 Å². The molecule has 1 heteroatoms. The molecule has 0 aliphatic heterocycles. The molecular weight excluding hydrogens is 196 g/mol. The van der Waals surface area contributed by atoms with Crippen LogP contribution in [0.15, 0.2) is 11.6 Å². The zero-order valence-corrected chi connectivity index (χ0v) is 12.3. The van der Waals surface area contributed by atoms with E-state index in [4.69, 9.17) is 0 Å². The summed E-state index contributed by atoms with van der Waals surface area (Å²) in [5.74, 6) is 4.09. The van der Waals surface area contributed by atoms with Gasteiger partial charge in [0.25, 0.3) is 0 Å². The molecule has 0 aliphatic carbocycles. The SMILES string of the molecule is CC(C)=CCC[C@H](C)CC#C[Si](C)(C)C. The molecule has 86 valence electrons. The largest absolute Gasteiger partial charge is 0.132 e. The van der Waals surface area contributed by atoms with Gasteiger partial charge in [0.2, 0.25) is 0 Å². The van der Waals surface area contributed by atoms with Gasteiger partial charge in [-0.2, -0.15) is 0 Å². The van der Waals surface area contributed by atoms with Gasteiger partial charge in [-0.05, 0) is 32.6 Å². The van der Waals surface area contributed by atoms with Crippen molar-refractivity contribution < 1.29 is 0 Å². The van der Waals surface area contributed by atoms with Crippen molar-refractivity contribution in [2.24, 2.45) is 5.92 Å². The van der Waals surface area contributed by atoms with Gasteiger partial charge in [-0.15, -0.1) is 11.5 Å². The fourth-order valence-electron chi connectivity index (χ4n) is 1.25. The first-order valence-corrected chi connectivity index (χ1v) is 9.44. The van der Waals surface area contributed by atoms with Gasteiger partial charge < -0.3 is 0 Å². The third-order valence-corrected chi connectivity index (χ3v) is 3.05. The summed E-state index contributed by atoms with van der Waals surface area (Å²) in [6.07, 6.45) is 5.87. The van der Waals surface area contributed by atoms with Crippen LogP contribution in [-0.2, 0) is 0 Å². The lowest BCUT2D eigenvalue weighted by Gasteiger charge is -2.07. The lowest BCUT2D eigenvalue weighted by Crippen LogP contribution is -2.16. The molecule has 0 heterocycles. The van der Waals surface area contributed by atoms with Crippen molar-refractivity contribution in [2.45, 2.75) is 59.7 Å². The zero-order chi connectivity index (χ0) is 11.9. The third-order valence-electron chi connectivity index (χ3n) is 2.13. The van der Waals surface area contributed by atoms with Crippen LogP contribution >= 0.6 is 0 Å². The predicted molar refractivity (Wildman–Crippen MR) is 73.6 cm³/mol. The van der Waals surface area contributed by atoms with Crippen LogP contribution in [0, 0.1) is 17.4 Å². The molecule has 0 rings (SSSR count). The third kappa shape index (κ3) is 11.4. The second kappa shape index (κ2) is 6.90. The van der Waals surface area contributed by atoms with Crippen LogP contribution in [0.25, 0.3) is 0 Å². The maximum Gasteiger partial charge on any atom is 0.129 e. The van der Waals surface area contributed by atoms with Crippen LogP contribution in [0.2, 0.25) is 19.6 Å². The van der Waals surface area contributed by atoms with E-state index in [0.29, 0.717) is 0 Å². The van der Waals surface area contributed by atoms with E-state index in [1.807, 2.05) is 0 Å². The number of hydrogen-bond donors (Lipinski definition) is 0. The van der Waals surface area contributed by atoms with Crippen LogP contribution in [-0.4, -0.2) is 8.07 Å². The van der Waals surface area contributed by atoms with Gasteiger partial charge >= 0.3 is 0 Å². The summed E-state index contributed by atoms with van der Waals surface area (Å²) in [4.78, 5) is 0. The van der Waals surface area contributed by atoms with Gasteiger partial charge in [-0.3, -0.25) is 0 Å². The molecule has 0 saturated carbocycles. The summed E-state index contributed by atoms with van der Waals surface area (Å²) in [6.45, 7) is 13.5. The van der Waals surface area contributed by atoms with Gasteiger partial charge in [0.05, 0.1) is 0 Å². The van der Waals surface area contributed by atoms with E-state index in [9.17, 15) is 0 Å². The van der Waals surface area contributed by atoms with Crippen molar-refractivity contribution in [1.29, 1.82) is 0 Å². The molecule has 0 radical (unpaired) electrons. The minimum Gasteiger partial charge on any atom is -0.132 e. The number of allylic oxidation sites excluding steroid dienone is 2. The van der Waals surface area contributed by atoms with Gasteiger partial charge in [0.1, 0.15) is 8.07 Å². The maximum atomic E-state index is 3.43. The first-order chi connectivity index (χ1) is 6.81. The van der Waals surface area contributed by atoms with Crippen molar-refractivity contribution in [1.82, 2.24) is 0 Å². The highest BCUT2D eigenvalue weighted by atomic mass is 28.3. The average Bonchev–Trinajstić information content (AvgIpc) is 2.00. The molecular formula is C14H26Si. The molecule has 0 aromatic rings. The summed E-state index contributed by atoms with van der Waals surface area (Å²) in [6, 6.07) is 0. The smallest absolute Gasteiger partial charge is 0.129 e. The molecule has 0 N–H and O–H groups in total. The lowest BCUT2D eigenvalue weighted by molar-refractivity contribution is 0.553. The zero-order valence-electron chi connectivity index (χ0n) is 11.3. The monoisotopic (exact) mass is 222 g/mol. The maximum absolute atomic E-state index is 3.43. The molecule has 15 heavy (non-hydrogen) atoms. The minimum absolute atomic E-state index is 0.740. The Labute approximate surface area is 97.2 Å². The Morgan fingerprint density at radius 1 is 1.27 bits per heavy atom. The standard InChI is InChI=1S/C14H26Si/c1-13(2)9-7-10-14(3)11-8-12-15(4,5)6/h9,14H,7,10-11H2,1-6H3/t14-/m0/s1. The first kappa shape index (κ1) is 14.5. The normalized spacial score (nSPS) is 12.7. The Morgan fingerprint density at radius 2 is 1.87 bits per heavy atom. The van der Waals surface area contributed by atoms with E-state index in [0.717, 1.165) is 12.3 Å². The van der Waals surface area contributed by atoms with Crippen LogP contribution in [0.3, 0.4) is 0 Å². The second-order valence-corrected chi connectivity index (χ2v) is 10.5. The Bertz CT molecular complexity index is 253. The number of rotatable bonds is 4. The van der Waals surface area contributed by atoms with Crippen molar-refractivity contribution >= 4 is 8.07 Å². The summed E-state index contributed by atoms with van der Waals surface area (Å²) < 4.78 is 0. The van der Waals surface area contributed by atoms with E-state index >= 15 is 0 Å². The minimum atomic E-state index is -1.15. The average molecular weight is 222 g/mol. The number of hydrogen-bond acceptors (Lipinski definition) is 0. The quantitative estimate of drug-likeness (QED) is 0.369. The van der Waals surface area contributed by atoms with E-state index in [-0.39, 0.29) is 0 Å². The van der Waals surface area contributed by atoms with Crippen molar-refractivity contribution in [3.63, 3.8) is 0 Å². The van der Waals surface area contributed by atoms with E-state index in [1.54, 1.807) is 0 Å². The second-order valence-electron chi connectivity index (χ2n) is 5.72. The van der Waals surface area contributed by atoms with E-state index < -0.39 is 8.07 Å². The molecule has 0 spiro atoms. The molecule has 0 aromatic carbocycles. The Morgan fingerprint density at radius 3 is 2.33 bits per heavy atom. The van der Waals surface area contributed by atoms with Crippen LogP contribution in [0.1, 0.15) is 40.0 Å². The van der Waals surface area contributed by atoms with Crippen LogP contribution < -0.4 is 0 Å². The molecule has 0 aliphatic rings. The van der Waals surface area contributed by atoms with Crippen molar-refractivity contribution in [2.75, 3.05) is 0 Å². The molecule has 0 aromatic heterocycles. The van der Waals surface area contributed by atoms with Gasteiger partial charge in [0, 0.05) is 6.42 Å². The summed E-state index contributed by atoms with van der Waals surface area (Å²) in [7, 11) is -1.15. The lowest BCUT2D eigenvalue weighted by atomic mass is 10.0. The highest BCUT2D eigenvalue weighted by Gasteiger charge is 2.07. The highest BCUT2D eigenvalue weighted by molar-refractivity contribution is 6.83. The Hall–Kier alpha value is -0.483. The van der Waals surface area contributed by atoms with Crippen molar-refractivity contribution in [3.05, 3.63) is 11.6 Å². The molecule has 0 nitrogen and oxygen atoms in total. The topological polar surface area (TPSA) is 0 Å². The summed E-state index contributed by atoms with van der Waals surface area (Å²) in [5.41, 5.74) is 4.85. The summed E-state index contributed by atoms with van der Waals surface area (Å²) in [5, 5.41) is 0. The molecule has 0 bridgehead atoms. The molecule has 0 saturated heterocycles. The Kier molecular flexibility index (Phi) is 6.68. The van der Waals surface area contributed by atoms with Crippen molar-refractivity contribution in [3.8, 4) is 11.5 Å². The first-order valence-electron chi connectivity index (χ1n) is 5.94. The Balaban J connectivity index is 3.79. The molecule has 0 unspecified atom stereocenters. The van der Waals surface area contributed by atoms with E-state index in [1.165, 1.54) is 18.4 Å².